The van der Waals surface area contributed by atoms with Crippen molar-refractivity contribution in [2.75, 3.05) is 37.4 Å². The molecule has 1 aromatic carbocycles. The average Bonchev–Trinajstić information content (AvgIpc) is 3.78. The van der Waals surface area contributed by atoms with E-state index in [1.807, 2.05) is 56.3 Å². The van der Waals surface area contributed by atoms with Crippen LogP contribution >= 0.6 is 11.3 Å². The van der Waals surface area contributed by atoms with Crippen LogP contribution in [-0.2, 0) is 16.6 Å². The number of thiophene rings is 1. The number of hydrogen-bond acceptors (Lipinski definition) is 10. The van der Waals surface area contributed by atoms with Gasteiger partial charge in [0.15, 0.2) is 10.7 Å². The number of anilines is 3. The van der Waals surface area contributed by atoms with Crippen molar-refractivity contribution in [1.82, 2.24) is 29.6 Å². The number of carbonyl (C=O) groups excluding carboxylic acids is 2. The van der Waals surface area contributed by atoms with Crippen molar-refractivity contribution in [3.8, 4) is 17.0 Å². The quantitative estimate of drug-likeness (QED) is 0.206. The van der Waals surface area contributed by atoms with Crippen LogP contribution in [0, 0.1) is 13.8 Å². The number of likely N-dealkylation sites (tertiary alicyclic amines) is 1. The molecule has 4 aromatic heterocycles. The number of ether oxygens (including phenoxy) is 2. The lowest BCUT2D eigenvalue weighted by Gasteiger charge is -2.17. The molecule has 0 bridgehead atoms. The van der Waals surface area contributed by atoms with Gasteiger partial charge >= 0.3 is 5.97 Å². The van der Waals surface area contributed by atoms with Crippen molar-refractivity contribution >= 4 is 51.6 Å². The molecule has 1 fully saturated rings. The van der Waals surface area contributed by atoms with E-state index in [0.29, 0.717) is 41.2 Å². The highest BCUT2D eigenvalue weighted by molar-refractivity contribution is 7.12. The molecule has 0 radical (unpaired) electrons. The number of rotatable bonds is 9. The van der Waals surface area contributed by atoms with Crippen molar-refractivity contribution in [3.63, 3.8) is 0 Å². The van der Waals surface area contributed by atoms with Crippen LogP contribution in [-0.4, -0.2) is 74.4 Å². The monoisotopic (exact) mass is 600 g/mol. The molecule has 5 aromatic rings. The summed E-state index contributed by atoms with van der Waals surface area (Å²) in [6.45, 7) is 5.48. The molecule has 1 amide bonds. The van der Waals surface area contributed by atoms with Gasteiger partial charge in [0.05, 0.1) is 30.6 Å². The summed E-state index contributed by atoms with van der Waals surface area (Å²) < 4.78 is 12.7. The van der Waals surface area contributed by atoms with Crippen LogP contribution in [0.1, 0.15) is 27.3 Å². The number of aryl methyl sites for hydroxylation is 3. The van der Waals surface area contributed by atoms with Gasteiger partial charge in [-0.15, -0.1) is 11.3 Å². The second-order valence-corrected chi connectivity index (χ2v) is 11.4. The normalized spacial score (nSPS) is 15.1. The van der Waals surface area contributed by atoms with E-state index < -0.39 is 5.97 Å². The van der Waals surface area contributed by atoms with E-state index in [1.54, 1.807) is 22.3 Å². The number of aromatic amines is 1. The van der Waals surface area contributed by atoms with Gasteiger partial charge < -0.3 is 25.1 Å². The first-order valence-corrected chi connectivity index (χ1v) is 14.7. The standard InChI is InChI=1S/C30H32N8O4S/c1-17-13-32-30(34-24-12-18(2)37(3)36-24)35-26(17)21-14-31-27-20(21)6-5-7-22(27)33-25(39)16-38-10-8-19(15-38)42-23-9-11-43-28(23)29(40)41-4/h5-7,9,11-14,19,31H,8,10,15-16H2,1-4H3,(H,33,39)(H,32,34,35,36)/t19-/m0/s1. The number of hydrogen-bond donors (Lipinski definition) is 3. The van der Waals surface area contributed by atoms with Crippen molar-refractivity contribution in [3.05, 3.63) is 64.2 Å². The maximum Gasteiger partial charge on any atom is 0.351 e. The van der Waals surface area contributed by atoms with Gasteiger partial charge in [-0.3, -0.25) is 14.4 Å². The third kappa shape index (κ3) is 5.94. The molecule has 3 N–H and O–H groups in total. The summed E-state index contributed by atoms with van der Waals surface area (Å²) in [5.74, 6) is 1.12. The lowest BCUT2D eigenvalue weighted by atomic mass is 10.1. The Labute approximate surface area is 252 Å². The fourth-order valence-corrected chi connectivity index (χ4v) is 5.95. The van der Waals surface area contributed by atoms with Crippen LogP contribution in [0.3, 0.4) is 0 Å². The number of amides is 1. The van der Waals surface area contributed by atoms with Gasteiger partial charge in [0.25, 0.3) is 0 Å². The van der Waals surface area contributed by atoms with Crippen LogP contribution < -0.4 is 15.4 Å². The molecular weight excluding hydrogens is 568 g/mol. The zero-order valence-corrected chi connectivity index (χ0v) is 25.1. The van der Waals surface area contributed by atoms with E-state index in [2.05, 4.69) is 25.7 Å². The van der Waals surface area contributed by atoms with Gasteiger partial charge in [0.1, 0.15) is 11.9 Å². The summed E-state index contributed by atoms with van der Waals surface area (Å²) >= 11 is 1.29. The second kappa shape index (κ2) is 11.9. The Morgan fingerprint density at radius 2 is 2.09 bits per heavy atom. The lowest BCUT2D eigenvalue weighted by Crippen LogP contribution is -2.33. The SMILES string of the molecule is COC(=O)c1sccc1O[C@H]1CCN(CC(=O)Nc2cccc3c(-c4nc(Nc5cc(C)n(C)n5)ncc4C)c[nH]c23)C1. The number of carbonyl (C=O) groups is 2. The molecule has 13 heteroatoms. The van der Waals surface area contributed by atoms with Crippen LogP contribution in [0.4, 0.5) is 17.5 Å². The maximum atomic E-state index is 13.1. The van der Waals surface area contributed by atoms with Crippen molar-refractivity contribution < 1.29 is 19.1 Å². The summed E-state index contributed by atoms with van der Waals surface area (Å²) in [6, 6.07) is 9.51. The fraction of sp³-hybridized carbons (Fsp3) is 0.300. The summed E-state index contributed by atoms with van der Waals surface area (Å²) in [4.78, 5) is 40.1. The van der Waals surface area contributed by atoms with E-state index in [9.17, 15) is 9.59 Å². The molecule has 0 unspecified atom stereocenters. The Morgan fingerprint density at radius 3 is 2.88 bits per heavy atom. The number of fused-ring (bicyclic) bond motifs is 1. The Hall–Kier alpha value is -4.75. The average molecular weight is 601 g/mol. The molecule has 12 nitrogen and oxygen atoms in total. The van der Waals surface area contributed by atoms with Gasteiger partial charge in [0, 0.05) is 55.2 Å². The number of esters is 1. The number of nitrogens with one attached hydrogen (secondary N) is 3. The van der Waals surface area contributed by atoms with E-state index in [4.69, 9.17) is 14.5 Å². The number of para-hydroxylation sites is 1. The van der Waals surface area contributed by atoms with E-state index in [1.165, 1.54) is 18.4 Å². The largest absolute Gasteiger partial charge is 0.487 e. The van der Waals surface area contributed by atoms with E-state index in [0.717, 1.165) is 39.8 Å². The molecule has 5 heterocycles. The highest BCUT2D eigenvalue weighted by Crippen LogP contribution is 2.34. The number of aromatic nitrogens is 5. The Bertz CT molecular complexity index is 1790. The molecule has 1 aliphatic rings. The summed E-state index contributed by atoms with van der Waals surface area (Å²) in [5.41, 5.74) is 5.14. The molecule has 43 heavy (non-hydrogen) atoms. The van der Waals surface area contributed by atoms with Crippen molar-refractivity contribution in [1.29, 1.82) is 0 Å². The zero-order chi connectivity index (χ0) is 30.1. The van der Waals surface area contributed by atoms with Crippen LogP contribution in [0.2, 0.25) is 0 Å². The molecule has 1 aliphatic heterocycles. The fourth-order valence-electron chi connectivity index (χ4n) is 5.21. The Kier molecular flexibility index (Phi) is 7.82. The highest BCUT2D eigenvalue weighted by Gasteiger charge is 2.28. The summed E-state index contributed by atoms with van der Waals surface area (Å²) in [5, 5.41) is 13.4. The van der Waals surface area contributed by atoms with Crippen LogP contribution in [0.5, 0.6) is 5.75 Å². The van der Waals surface area contributed by atoms with Crippen LogP contribution in [0.15, 0.2) is 48.1 Å². The van der Waals surface area contributed by atoms with Crippen molar-refractivity contribution in [2.45, 2.75) is 26.4 Å². The minimum absolute atomic E-state index is 0.114. The smallest absolute Gasteiger partial charge is 0.351 e. The third-order valence-electron chi connectivity index (χ3n) is 7.46. The third-order valence-corrected chi connectivity index (χ3v) is 8.34. The predicted molar refractivity (Wildman–Crippen MR) is 165 cm³/mol. The van der Waals surface area contributed by atoms with Gasteiger partial charge in [0.2, 0.25) is 11.9 Å². The number of nitrogens with zero attached hydrogens (tertiary/aromatic N) is 5. The Morgan fingerprint density at radius 1 is 1.23 bits per heavy atom. The number of methoxy groups -OCH3 is 1. The summed E-state index contributed by atoms with van der Waals surface area (Å²) in [7, 11) is 3.24. The molecule has 1 atom stereocenters. The molecule has 0 spiro atoms. The predicted octanol–water partition coefficient (Wildman–Crippen LogP) is 4.66. The topological polar surface area (TPSA) is 139 Å². The molecular formula is C30H32N8O4S. The minimum atomic E-state index is -0.410. The second-order valence-electron chi connectivity index (χ2n) is 10.5. The lowest BCUT2D eigenvalue weighted by molar-refractivity contribution is -0.117. The molecule has 0 saturated carbocycles. The van der Waals surface area contributed by atoms with E-state index >= 15 is 0 Å². The highest BCUT2D eigenvalue weighted by atomic mass is 32.1. The van der Waals surface area contributed by atoms with Gasteiger partial charge in [-0.1, -0.05) is 12.1 Å². The first-order chi connectivity index (χ1) is 20.8. The van der Waals surface area contributed by atoms with Gasteiger partial charge in [-0.2, -0.15) is 5.10 Å². The number of benzene rings is 1. The molecule has 1 saturated heterocycles. The molecule has 222 valence electrons. The molecule has 0 aliphatic carbocycles. The number of H-pyrrole nitrogens is 1. The van der Waals surface area contributed by atoms with Gasteiger partial charge in [-0.05, 0) is 43.3 Å². The maximum absolute atomic E-state index is 13.1. The Balaban J connectivity index is 1.13. The van der Waals surface area contributed by atoms with E-state index in [-0.39, 0.29) is 18.6 Å². The first-order valence-electron chi connectivity index (χ1n) is 13.9. The summed E-state index contributed by atoms with van der Waals surface area (Å²) in [6.07, 6.45) is 4.33. The van der Waals surface area contributed by atoms with Gasteiger partial charge in [-0.25, -0.2) is 14.8 Å². The first kappa shape index (κ1) is 28.4. The molecule has 6 rings (SSSR count). The zero-order valence-electron chi connectivity index (χ0n) is 24.3. The minimum Gasteiger partial charge on any atom is -0.487 e. The van der Waals surface area contributed by atoms with Crippen molar-refractivity contribution in [2.24, 2.45) is 7.05 Å². The van der Waals surface area contributed by atoms with Crippen LogP contribution in [0.25, 0.3) is 22.2 Å².